The Bertz CT molecular complexity index is 1110. The van der Waals surface area contributed by atoms with Gasteiger partial charge in [-0.05, 0) is 56.7 Å². The Labute approximate surface area is 153 Å². The van der Waals surface area contributed by atoms with E-state index in [0.29, 0.717) is 13.2 Å². The summed E-state index contributed by atoms with van der Waals surface area (Å²) in [5, 5.41) is 14.7. The second-order valence-corrected chi connectivity index (χ2v) is 7.78. The van der Waals surface area contributed by atoms with Gasteiger partial charge in [-0.15, -0.1) is 0 Å². The van der Waals surface area contributed by atoms with E-state index in [-0.39, 0.29) is 0 Å². The Morgan fingerprint density at radius 2 is 1.73 bits per heavy atom. The lowest BCUT2D eigenvalue weighted by molar-refractivity contribution is -0.0893. The van der Waals surface area contributed by atoms with Crippen molar-refractivity contribution < 1.29 is 14.2 Å². The molecular weight excluding hydrogens is 325 g/mol. The number of fused-ring (bicyclic) bond motifs is 5. The molecule has 4 nitrogen and oxygen atoms in total. The molecule has 2 heterocycles. The number of nitrogens with zero attached hydrogens (tertiary/aromatic N) is 1. The maximum atomic E-state index is 10.2. The zero-order valence-electron chi connectivity index (χ0n) is 15.5. The third-order valence-electron chi connectivity index (χ3n) is 5.34. The van der Waals surface area contributed by atoms with Crippen LogP contribution in [0.3, 0.4) is 0 Å². The van der Waals surface area contributed by atoms with Crippen molar-refractivity contribution in [1.29, 1.82) is 0 Å². The van der Waals surface area contributed by atoms with Gasteiger partial charge in [0, 0.05) is 16.4 Å². The quantitative estimate of drug-likeness (QED) is 0.572. The number of furan rings is 1. The molecule has 1 N–H and O–H groups in total. The summed E-state index contributed by atoms with van der Waals surface area (Å²) in [6.07, 6.45) is 0. The molecule has 4 rings (SSSR count). The average molecular weight is 347 g/mol. The van der Waals surface area contributed by atoms with Crippen molar-refractivity contribution in [2.75, 3.05) is 0 Å². The fraction of sp³-hybridized carbons (Fsp3) is 0.286. The fourth-order valence-electron chi connectivity index (χ4n) is 2.98. The molecule has 0 saturated heterocycles. The van der Waals surface area contributed by atoms with E-state index in [1.165, 1.54) is 5.39 Å². The van der Waals surface area contributed by atoms with E-state index in [9.17, 15) is 5.11 Å². The molecule has 0 aliphatic rings. The first-order valence-electron chi connectivity index (χ1n) is 8.82. The van der Waals surface area contributed by atoms with Gasteiger partial charge in [0.1, 0.15) is 5.58 Å². The van der Waals surface area contributed by atoms with Gasteiger partial charge in [-0.2, -0.15) is 0 Å². The number of rotatable bonds is 4. The summed E-state index contributed by atoms with van der Waals surface area (Å²) in [7, 11) is 0.310. The van der Waals surface area contributed by atoms with Gasteiger partial charge in [0.05, 0.1) is 11.2 Å². The Balaban J connectivity index is 1.74. The molecule has 0 spiro atoms. The summed E-state index contributed by atoms with van der Waals surface area (Å²) in [5.41, 5.74) is 0.584. The van der Waals surface area contributed by atoms with Crippen LogP contribution < -0.4 is 5.59 Å². The van der Waals surface area contributed by atoms with Gasteiger partial charge >= 0.3 is 7.48 Å². The highest BCUT2D eigenvalue weighted by Crippen LogP contribution is 2.33. The fourth-order valence-corrected chi connectivity index (χ4v) is 2.98. The van der Waals surface area contributed by atoms with Crippen LogP contribution in [-0.2, 0) is 4.65 Å². The lowest BCUT2D eigenvalue weighted by Gasteiger charge is -2.37. The Kier molecular flexibility index (Phi) is 3.83. The first-order valence-corrected chi connectivity index (χ1v) is 8.82. The van der Waals surface area contributed by atoms with Gasteiger partial charge in [-0.3, -0.25) is 0 Å². The second-order valence-electron chi connectivity index (χ2n) is 7.78. The molecule has 0 aliphatic heterocycles. The number of hydrogen-bond acceptors (Lipinski definition) is 4. The SMILES string of the molecule is CC(C)(O)C(C)(C)OBc1ccc2c(n1)oc1ccc3ccccc3c12. The minimum Gasteiger partial charge on any atom is -0.438 e. The highest BCUT2D eigenvalue weighted by atomic mass is 16.5. The Morgan fingerprint density at radius 3 is 2.50 bits per heavy atom. The van der Waals surface area contributed by atoms with Crippen LogP contribution in [0.5, 0.6) is 0 Å². The average Bonchev–Trinajstić information content (AvgIpc) is 2.97. The van der Waals surface area contributed by atoms with E-state index in [0.717, 1.165) is 27.3 Å². The predicted octanol–water partition coefficient (Wildman–Crippen LogP) is 3.68. The Morgan fingerprint density at radius 1 is 0.962 bits per heavy atom. The van der Waals surface area contributed by atoms with Crippen molar-refractivity contribution >= 4 is 45.9 Å². The number of aromatic nitrogens is 1. The van der Waals surface area contributed by atoms with Gasteiger partial charge in [-0.1, -0.05) is 30.3 Å². The largest absolute Gasteiger partial charge is 0.438 e. The summed E-state index contributed by atoms with van der Waals surface area (Å²) < 4.78 is 11.9. The highest BCUT2D eigenvalue weighted by Gasteiger charge is 2.35. The smallest absolute Gasteiger partial charge is 0.329 e. The molecule has 0 aliphatic carbocycles. The minimum absolute atomic E-state index is 0.310. The molecule has 4 aromatic rings. The normalized spacial score (nSPS) is 13.0. The molecule has 0 unspecified atom stereocenters. The van der Waals surface area contributed by atoms with Gasteiger partial charge in [0.15, 0.2) is 0 Å². The standard InChI is InChI=1S/C21H22BNO3/c1-20(2,24)21(3,4)26-22-17-12-10-15-18-14-8-6-5-7-13(14)9-11-16(18)25-19(15)23-17/h5-12,22,24H,1-4H3. The minimum atomic E-state index is -0.949. The lowest BCUT2D eigenvalue weighted by Crippen LogP contribution is -2.49. The molecule has 0 saturated carbocycles. The molecule has 132 valence electrons. The number of benzene rings is 2. The topological polar surface area (TPSA) is 55.5 Å². The van der Waals surface area contributed by atoms with Crippen LogP contribution in [-0.4, -0.2) is 28.8 Å². The van der Waals surface area contributed by atoms with E-state index in [1.807, 2.05) is 44.2 Å². The van der Waals surface area contributed by atoms with E-state index in [2.05, 4.69) is 23.2 Å². The third-order valence-corrected chi connectivity index (χ3v) is 5.34. The van der Waals surface area contributed by atoms with Crippen LogP contribution >= 0.6 is 0 Å². The Hall–Kier alpha value is -2.37. The van der Waals surface area contributed by atoms with Crippen molar-refractivity contribution in [1.82, 2.24) is 4.98 Å². The van der Waals surface area contributed by atoms with Crippen LogP contribution in [0.1, 0.15) is 27.7 Å². The maximum Gasteiger partial charge on any atom is 0.329 e. The van der Waals surface area contributed by atoms with Crippen LogP contribution in [0, 0.1) is 0 Å². The summed E-state index contributed by atoms with van der Waals surface area (Å²) in [6.45, 7) is 7.24. The van der Waals surface area contributed by atoms with Gasteiger partial charge < -0.3 is 14.2 Å². The van der Waals surface area contributed by atoms with Gasteiger partial charge in [-0.25, -0.2) is 4.98 Å². The van der Waals surface area contributed by atoms with E-state index in [1.54, 1.807) is 13.8 Å². The number of pyridine rings is 1. The van der Waals surface area contributed by atoms with Crippen molar-refractivity contribution in [2.24, 2.45) is 0 Å². The van der Waals surface area contributed by atoms with E-state index >= 15 is 0 Å². The molecular formula is C21H22BNO3. The van der Waals surface area contributed by atoms with Crippen LogP contribution in [0.15, 0.2) is 52.9 Å². The highest BCUT2D eigenvalue weighted by molar-refractivity contribution is 6.46. The van der Waals surface area contributed by atoms with Crippen molar-refractivity contribution in [3.63, 3.8) is 0 Å². The van der Waals surface area contributed by atoms with E-state index in [4.69, 9.17) is 9.07 Å². The number of aliphatic hydroxyl groups is 1. The molecule has 0 radical (unpaired) electrons. The van der Waals surface area contributed by atoms with Crippen LogP contribution in [0.2, 0.25) is 0 Å². The molecule has 2 aromatic carbocycles. The molecule has 0 bridgehead atoms. The summed E-state index contributed by atoms with van der Waals surface area (Å²) in [6, 6.07) is 16.3. The van der Waals surface area contributed by atoms with Crippen LogP contribution in [0.25, 0.3) is 32.8 Å². The molecule has 5 heteroatoms. The maximum absolute atomic E-state index is 10.2. The zero-order chi connectivity index (χ0) is 18.5. The monoisotopic (exact) mass is 347 g/mol. The van der Waals surface area contributed by atoms with Crippen molar-refractivity contribution in [3.8, 4) is 0 Å². The second kappa shape index (κ2) is 5.83. The van der Waals surface area contributed by atoms with Gasteiger partial charge in [0.2, 0.25) is 5.71 Å². The summed E-state index contributed by atoms with van der Waals surface area (Å²) in [5.74, 6) is 0. The molecule has 0 atom stereocenters. The molecule has 0 amide bonds. The molecule has 2 aromatic heterocycles. The van der Waals surface area contributed by atoms with Crippen LogP contribution in [0.4, 0.5) is 0 Å². The predicted molar refractivity (Wildman–Crippen MR) is 107 cm³/mol. The van der Waals surface area contributed by atoms with E-state index < -0.39 is 11.2 Å². The van der Waals surface area contributed by atoms with Crippen molar-refractivity contribution in [2.45, 2.75) is 38.9 Å². The lowest BCUT2D eigenvalue weighted by atomic mass is 9.85. The summed E-state index contributed by atoms with van der Waals surface area (Å²) >= 11 is 0. The molecule has 26 heavy (non-hydrogen) atoms. The first kappa shape index (κ1) is 17.1. The molecule has 0 fully saturated rings. The third kappa shape index (κ3) is 2.77. The number of hydrogen-bond donors (Lipinski definition) is 1. The summed E-state index contributed by atoms with van der Waals surface area (Å²) in [4.78, 5) is 4.63. The first-order chi connectivity index (χ1) is 12.3. The van der Waals surface area contributed by atoms with Crippen molar-refractivity contribution in [3.05, 3.63) is 48.5 Å². The zero-order valence-corrected chi connectivity index (χ0v) is 15.5. The van der Waals surface area contributed by atoms with Gasteiger partial charge in [0.25, 0.3) is 0 Å².